The molecule has 6 heteroatoms. The summed E-state index contributed by atoms with van der Waals surface area (Å²) in [6.45, 7) is 0.699. The van der Waals surface area contributed by atoms with Gasteiger partial charge in [-0.1, -0.05) is 54.1 Å². The van der Waals surface area contributed by atoms with Gasteiger partial charge in [0.05, 0.1) is 10.7 Å². The van der Waals surface area contributed by atoms with Crippen molar-refractivity contribution in [3.8, 4) is 0 Å². The second kappa shape index (κ2) is 9.03. The van der Waals surface area contributed by atoms with Crippen LogP contribution in [0.5, 0.6) is 0 Å². The number of anilines is 1. The Morgan fingerprint density at radius 1 is 1.15 bits per heavy atom. The lowest BCUT2D eigenvalue weighted by molar-refractivity contribution is 0.221. The average molecular weight is 373 g/mol. The molecule has 0 radical (unpaired) electrons. The number of benzene rings is 2. The van der Waals surface area contributed by atoms with Gasteiger partial charge in [-0.3, -0.25) is 10.9 Å². The lowest BCUT2D eigenvalue weighted by Gasteiger charge is -2.19. The molecule has 1 aliphatic rings. The number of hydrogen-bond acceptors (Lipinski definition) is 3. The number of nitrogens with one attached hydrogen (secondary N) is 3. The van der Waals surface area contributed by atoms with Crippen molar-refractivity contribution in [3.05, 3.63) is 65.2 Å². The van der Waals surface area contributed by atoms with Crippen LogP contribution in [0.15, 0.2) is 54.6 Å². The van der Waals surface area contributed by atoms with Gasteiger partial charge in [-0.25, -0.2) is 4.79 Å². The van der Waals surface area contributed by atoms with Crippen LogP contribution < -0.4 is 16.2 Å². The monoisotopic (exact) mass is 372 g/mol. The van der Waals surface area contributed by atoms with Crippen molar-refractivity contribution in [2.75, 3.05) is 18.9 Å². The third kappa shape index (κ3) is 4.97. The molecule has 1 heterocycles. The zero-order valence-electron chi connectivity index (χ0n) is 14.9. The first-order chi connectivity index (χ1) is 12.6. The minimum atomic E-state index is -0.141. The van der Waals surface area contributed by atoms with Crippen LogP contribution >= 0.6 is 11.6 Å². The van der Waals surface area contributed by atoms with E-state index in [0.717, 1.165) is 19.3 Å². The number of hydrazine groups is 1. The van der Waals surface area contributed by atoms with E-state index in [1.807, 2.05) is 18.2 Å². The molecular formula is C20H25ClN4O. The number of halogens is 1. The summed E-state index contributed by atoms with van der Waals surface area (Å²) in [5.74, 6) is 0. The first kappa shape index (κ1) is 18.7. The number of carbonyl (C=O) groups excluding carboxylic acids is 1. The van der Waals surface area contributed by atoms with Gasteiger partial charge in [-0.2, -0.15) is 0 Å². The summed E-state index contributed by atoms with van der Waals surface area (Å²) in [7, 11) is 1.80. The van der Waals surface area contributed by atoms with Crippen molar-refractivity contribution in [2.24, 2.45) is 0 Å². The van der Waals surface area contributed by atoms with Crippen molar-refractivity contribution in [1.82, 2.24) is 15.8 Å². The molecule has 3 rings (SSSR count). The topological polar surface area (TPSA) is 56.4 Å². The first-order valence-electron chi connectivity index (χ1n) is 8.96. The molecule has 2 atom stereocenters. The Kier molecular flexibility index (Phi) is 6.50. The summed E-state index contributed by atoms with van der Waals surface area (Å²) in [5, 5.41) is 3.39. The van der Waals surface area contributed by atoms with E-state index in [-0.39, 0.29) is 6.03 Å². The molecule has 5 nitrogen and oxygen atoms in total. The molecule has 1 fully saturated rings. The number of rotatable bonds is 6. The van der Waals surface area contributed by atoms with Gasteiger partial charge >= 0.3 is 6.03 Å². The van der Waals surface area contributed by atoms with Crippen molar-refractivity contribution >= 4 is 23.3 Å². The van der Waals surface area contributed by atoms with Crippen LogP contribution in [0.3, 0.4) is 0 Å². The number of amides is 2. The summed E-state index contributed by atoms with van der Waals surface area (Å²) in [6, 6.07) is 18.3. The van der Waals surface area contributed by atoms with Crippen LogP contribution in [0, 0.1) is 0 Å². The molecule has 0 aromatic heterocycles. The summed E-state index contributed by atoms with van der Waals surface area (Å²) in [6.07, 6.45) is 3.01. The van der Waals surface area contributed by atoms with Crippen LogP contribution in [-0.2, 0) is 0 Å². The van der Waals surface area contributed by atoms with Gasteiger partial charge in [-0.05, 0) is 37.0 Å². The molecule has 0 spiro atoms. The van der Waals surface area contributed by atoms with E-state index in [1.54, 1.807) is 24.1 Å². The number of nitrogens with zero attached hydrogens (tertiary/aromatic N) is 1. The molecule has 2 aromatic rings. The fourth-order valence-corrected chi connectivity index (χ4v) is 3.35. The van der Waals surface area contributed by atoms with Crippen LogP contribution in [0.1, 0.15) is 30.9 Å². The first-order valence-corrected chi connectivity index (χ1v) is 9.34. The van der Waals surface area contributed by atoms with E-state index in [9.17, 15) is 4.79 Å². The smallest absolute Gasteiger partial charge is 0.321 e. The van der Waals surface area contributed by atoms with Gasteiger partial charge in [0.2, 0.25) is 0 Å². The zero-order chi connectivity index (χ0) is 18.4. The summed E-state index contributed by atoms with van der Waals surface area (Å²) < 4.78 is 0. The van der Waals surface area contributed by atoms with Crippen molar-refractivity contribution in [2.45, 2.75) is 31.3 Å². The van der Waals surface area contributed by atoms with E-state index in [2.05, 4.69) is 40.4 Å². The third-order valence-electron chi connectivity index (χ3n) is 4.69. The van der Waals surface area contributed by atoms with Crippen molar-refractivity contribution < 1.29 is 4.79 Å². The highest BCUT2D eigenvalue weighted by Gasteiger charge is 2.24. The normalized spacial score (nSPS) is 19.3. The van der Waals surface area contributed by atoms with Gasteiger partial charge < -0.3 is 10.2 Å². The molecule has 2 amide bonds. The molecule has 1 saturated heterocycles. The highest BCUT2D eigenvalue weighted by Crippen LogP contribution is 2.24. The van der Waals surface area contributed by atoms with Gasteiger partial charge in [0.1, 0.15) is 0 Å². The minimum absolute atomic E-state index is 0.141. The maximum atomic E-state index is 12.3. The summed E-state index contributed by atoms with van der Waals surface area (Å²) in [5.41, 5.74) is 8.68. The quantitative estimate of drug-likeness (QED) is 0.712. The highest BCUT2D eigenvalue weighted by atomic mass is 35.5. The number of carbonyl (C=O) groups is 1. The second-order valence-electron chi connectivity index (χ2n) is 6.66. The predicted octanol–water partition coefficient (Wildman–Crippen LogP) is 4.19. The number of para-hydroxylation sites is 1. The number of hydrogen-bond donors (Lipinski definition) is 3. The fraction of sp³-hybridized carbons (Fsp3) is 0.350. The maximum absolute atomic E-state index is 12.3. The molecule has 0 aliphatic carbocycles. The molecular weight excluding hydrogens is 348 g/mol. The van der Waals surface area contributed by atoms with Crippen LogP contribution in [-0.4, -0.2) is 30.6 Å². The van der Waals surface area contributed by atoms with E-state index < -0.39 is 0 Å². The Hall–Kier alpha value is -2.08. The molecule has 0 bridgehead atoms. The minimum Gasteiger partial charge on any atom is -0.328 e. The van der Waals surface area contributed by atoms with Gasteiger partial charge in [-0.15, -0.1) is 0 Å². The zero-order valence-corrected chi connectivity index (χ0v) is 15.7. The Labute approximate surface area is 159 Å². The lowest BCUT2D eigenvalue weighted by atomic mass is 10.00. The van der Waals surface area contributed by atoms with Crippen LogP contribution in [0.2, 0.25) is 5.02 Å². The summed E-state index contributed by atoms with van der Waals surface area (Å²) in [4.78, 5) is 14.0. The third-order valence-corrected chi connectivity index (χ3v) is 5.02. The van der Waals surface area contributed by atoms with Crippen molar-refractivity contribution in [3.63, 3.8) is 0 Å². The fourth-order valence-electron chi connectivity index (χ4n) is 3.17. The average Bonchev–Trinajstić information content (AvgIpc) is 3.13. The van der Waals surface area contributed by atoms with Gasteiger partial charge in [0, 0.05) is 25.7 Å². The molecule has 1 aliphatic heterocycles. The largest absolute Gasteiger partial charge is 0.328 e. The standard InChI is InChI=1S/C20H25ClN4O/c1-25(20(26)22-18-12-6-5-11-17(18)21)13-7-10-16-14-19(24-23-16)15-8-3-2-4-9-15/h2-6,8-9,11-12,16,19,23-24H,7,10,13-14H2,1H3,(H,22,26). The second-order valence-corrected chi connectivity index (χ2v) is 7.07. The molecule has 2 aromatic carbocycles. The van der Waals surface area contributed by atoms with E-state index in [4.69, 9.17) is 11.6 Å². The number of urea groups is 1. The Bertz CT molecular complexity index is 725. The predicted molar refractivity (Wildman–Crippen MR) is 106 cm³/mol. The Morgan fingerprint density at radius 2 is 1.88 bits per heavy atom. The highest BCUT2D eigenvalue weighted by molar-refractivity contribution is 6.33. The van der Waals surface area contributed by atoms with Crippen LogP contribution in [0.4, 0.5) is 10.5 Å². The Balaban J connectivity index is 1.39. The maximum Gasteiger partial charge on any atom is 0.321 e. The molecule has 26 heavy (non-hydrogen) atoms. The molecule has 138 valence electrons. The Morgan fingerprint density at radius 3 is 2.65 bits per heavy atom. The SMILES string of the molecule is CN(CCCC1CC(c2ccccc2)NN1)C(=O)Nc1ccccc1Cl. The van der Waals surface area contributed by atoms with Crippen LogP contribution in [0.25, 0.3) is 0 Å². The molecule has 2 unspecified atom stereocenters. The van der Waals surface area contributed by atoms with Gasteiger partial charge in [0.25, 0.3) is 0 Å². The lowest BCUT2D eigenvalue weighted by Crippen LogP contribution is -2.34. The molecule has 0 saturated carbocycles. The van der Waals surface area contributed by atoms with Crippen molar-refractivity contribution in [1.29, 1.82) is 0 Å². The molecule has 3 N–H and O–H groups in total. The van der Waals surface area contributed by atoms with E-state index in [0.29, 0.717) is 29.3 Å². The summed E-state index contributed by atoms with van der Waals surface area (Å²) >= 11 is 6.08. The van der Waals surface area contributed by atoms with E-state index >= 15 is 0 Å². The van der Waals surface area contributed by atoms with E-state index in [1.165, 1.54) is 5.56 Å². The van der Waals surface area contributed by atoms with Gasteiger partial charge in [0.15, 0.2) is 0 Å².